The highest BCUT2D eigenvalue weighted by atomic mass is 35.5. The zero-order valence-corrected chi connectivity index (χ0v) is 11.5. The van der Waals surface area contributed by atoms with E-state index in [0.29, 0.717) is 15.8 Å². The summed E-state index contributed by atoms with van der Waals surface area (Å²) in [5.41, 5.74) is 0. The van der Waals surface area contributed by atoms with Gasteiger partial charge < -0.3 is 9.64 Å². The van der Waals surface area contributed by atoms with Gasteiger partial charge in [-0.05, 0) is 32.0 Å². The molecule has 0 aliphatic heterocycles. The standard InChI is InChI=1S/C12H15Cl2NO2/c1-8(2)15(3)12(16)7-17-11-5-4-9(13)6-10(11)14/h4-6,8H,7H2,1-3H3. The summed E-state index contributed by atoms with van der Waals surface area (Å²) in [5.74, 6) is 0.368. The van der Waals surface area contributed by atoms with E-state index in [4.69, 9.17) is 27.9 Å². The van der Waals surface area contributed by atoms with Gasteiger partial charge >= 0.3 is 0 Å². The minimum Gasteiger partial charge on any atom is -0.482 e. The van der Waals surface area contributed by atoms with Gasteiger partial charge in [0.1, 0.15) is 5.75 Å². The minimum absolute atomic E-state index is 0.0317. The number of carbonyl (C=O) groups is 1. The van der Waals surface area contributed by atoms with E-state index in [-0.39, 0.29) is 18.6 Å². The molecule has 0 saturated heterocycles. The molecule has 0 atom stereocenters. The maximum atomic E-state index is 11.7. The largest absolute Gasteiger partial charge is 0.482 e. The average Bonchev–Trinajstić information content (AvgIpc) is 2.26. The lowest BCUT2D eigenvalue weighted by Crippen LogP contribution is -2.36. The van der Waals surface area contributed by atoms with Gasteiger partial charge in [0.05, 0.1) is 5.02 Å². The molecular weight excluding hydrogens is 261 g/mol. The third-order valence-electron chi connectivity index (χ3n) is 2.41. The number of rotatable bonds is 4. The van der Waals surface area contributed by atoms with E-state index in [2.05, 4.69) is 0 Å². The molecule has 0 N–H and O–H groups in total. The van der Waals surface area contributed by atoms with Crippen LogP contribution >= 0.6 is 23.2 Å². The Kier molecular flexibility index (Phi) is 5.09. The molecule has 0 heterocycles. The predicted octanol–water partition coefficient (Wildman–Crippen LogP) is 3.24. The summed E-state index contributed by atoms with van der Waals surface area (Å²) in [6.07, 6.45) is 0. The Labute approximate surface area is 111 Å². The van der Waals surface area contributed by atoms with Crippen molar-refractivity contribution in [2.24, 2.45) is 0 Å². The zero-order chi connectivity index (χ0) is 13.0. The summed E-state index contributed by atoms with van der Waals surface area (Å²) >= 11 is 11.7. The van der Waals surface area contributed by atoms with Crippen LogP contribution in [0.4, 0.5) is 0 Å². The number of hydrogen-bond donors (Lipinski definition) is 0. The maximum Gasteiger partial charge on any atom is 0.260 e. The first kappa shape index (κ1) is 14.1. The number of benzene rings is 1. The Hall–Kier alpha value is -0.930. The Morgan fingerprint density at radius 2 is 2.06 bits per heavy atom. The van der Waals surface area contributed by atoms with E-state index in [0.717, 1.165) is 0 Å². The minimum atomic E-state index is -0.0917. The van der Waals surface area contributed by atoms with Gasteiger partial charge in [0, 0.05) is 18.1 Å². The third-order valence-corrected chi connectivity index (χ3v) is 2.94. The first-order valence-electron chi connectivity index (χ1n) is 5.25. The van der Waals surface area contributed by atoms with Crippen molar-refractivity contribution < 1.29 is 9.53 Å². The second kappa shape index (κ2) is 6.12. The Bertz CT molecular complexity index is 407. The lowest BCUT2D eigenvalue weighted by atomic mass is 10.3. The molecule has 17 heavy (non-hydrogen) atoms. The van der Waals surface area contributed by atoms with Crippen LogP contribution in [0, 0.1) is 0 Å². The smallest absolute Gasteiger partial charge is 0.260 e. The average molecular weight is 276 g/mol. The molecule has 1 rings (SSSR count). The highest BCUT2D eigenvalue weighted by Gasteiger charge is 2.13. The summed E-state index contributed by atoms with van der Waals surface area (Å²) in [6.45, 7) is 3.84. The van der Waals surface area contributed by atoms with Crippen LogP contribution in [0.2, 0.25) is 10.0 Å². The molecule has 0 fully saturated rings. The van der Waals surface area contributed by atoms with Crippen molar-refractivity contribution in [2.75, 3.05) is 13.7 Å². The van der Waals surface area contributed by atoms with Gasteiger partial charge in [0.15, 0.2) is 6.61 Å². The summed E-state index contributed by atoms with van der Waals surface area (Å²) in [4.78, 5) is 13.3. The molecular formula is C12H15Cl2NO2. The van der Waals surface area contributed by atoms with Gasteiger partial charge in [-0.25, -0.2) is 0 Å². The first-order chi connectivity index (χ1) is 7.91. The fraction of sp³-hybridized carbons (Fsp3) is 0.417. The Morgan fingerprint density at radius 3 is 2.59 bits per heavy atom. The topological polar surface area (TPSA) is 29.5 Å². The van der Waals surface area contributed by atoms with Crippen LogP contribution in [-0.2, 0) is 4.79 Å². The summed E-state index contributed by atoms with van der Waals surface area (Å²) in [7, 11) is 1.74. The second-order valence-corrected chi connectivity index (χ2v) is 4.81. The molecule has 0 radical (unpaired) electrons. The predicted molar refractivity (Wildman–Crippen MR) is 69.9 cm³/mol. The van der Waals surface area contributed by atoms with Gasteiger partial charge in [0.25, 0.3) is 5.91 Å². The number of hydrogen-bond acceptors (Lipinski definition) is 2. The van der Waals surface area contributed by atoms with Crippen LogP contribution in [0.15, 0.2) is 18.2 Å². The van der Waals surface area contributed by atoms with Gasteiger partial charge in [-0.15, -0.1) is 0 Å². The van der Waals surface area contributed by atoms with E-state index in [1.807, 2.05) is 13.8 Å². The van der Waals surface area contributed by atoms with E-state index < -0.39 is 0 Å². The number of halogens is 2. The molecule has 5 heteroatoms. The first-order valence-corrected chi connectivity index (χ1v) is 6.01. The summed E-state index contributed by atoms with van der Waals surface area (Å²) in [6, 6.07) is 5.04. The van der Waals surface area contributed by atoms with Crippen LogP contribution in [0.1, 0.15) is 13.8 Å². The normalized spacial score (nSPS) is 10.5. The van der Waals surface area contributed by atoms with Crippen LogP contribution in [0.5, 0.6) is 5.75 Å². The monoisotopic (exact) mass is 275 g/mol. The SMILES string of the molecule is CC(C)N(C)C(=O)COc1ccc(Cl)cc1Cl. The molecule has 0 bridgehead atoms. The number of nitrogens with zero attached hydrogens (tertiary/aromatic N) is 1. The van der Waals surface area contributed by atoms with Crippen molar-refractivity contribution >= 4 is 29.1 Å². The van der Waals surface area contributed by atoms with Gasteiger partial charge in [-0.2, -0.15) is 0 Å². The van der Waals surface area contributed by atoms with E-state index in [9.17, 15) is 4.79 Å². The Morgan fingerprint density at radius 1 is 1.41 bits per heavy atom. The van der Waals surface area contributed by atoms with Gasteiger partial charge in [-0.3, -0.25) is 4.79 Å². The van der Waals surface area contributed by atoms with Crippen LogP contribution in [0.3, 0.4) is 0 Å². The van der Waals surface area contributed by atoms with Crippen LogP contribution in [-0.4, -0.2) is 30.5 Å². The van der Waals surface area contributed by atoms with E-state index in [1.165, 1.54) is 0 Å². The molecule has 3 nitrogen and oxygen atoms in total. The van der Waals surface area contributed by atoms with E-state index in [1.54, 1.807) is 30.1 Å². The van der Waals surface area contributed by atoms with Crippen molar-refractivity contribution in [3.8, 4) is 5.75 Å². The lowest BCUT2D eigenvalue weighted by Gasteiger charge is -2.21. The van der Waals surface area contributed by atoms with Gasteiger partial charge in [-0.1, -0.05) is 23.2 Å². The van der Waals surface area contributed by atoms with Crippen molar-refractivity contribution in [3.63, 3.8) is 0 Å². The number of carbonyl (C=O) groups excluding carboxylic acids is 1. The van der Waals surface area contributed by atoms with Crippen molar-refractivity contribution in [2.45, 2.75) is 19.9 Å². The van der Waals surface area contributed by atoms with Crippen LogP contribution in [0.25, 0.3) is 0 Å². The van der Waals surface area contributed by atoms with Gasteiger partial charge in [0.2, 0.25) is 0 Å². The Balaban J connectivity index is 2.59. The number of likely N-dealkylation sites (N-methyl/N-ethyl adjacent to an activating group) is 1. The third kappa shape index (κ3) is 4.10. The molecule has 0 aromatic heterocycles. The molecule has 0 unspecified atom stereocenters. The highest BCUT2D eigenvalue weighted by molar-refractivity contribution is 6.35. The van der Waals surface area contributed by atoms with Crippen molar-refractivity contribution in [3.05, 3.63) is 28.2 Å². The number of amides is 1. The molecule has 0 aliphatic rings. The van der Waals surface area contributed by atoms with Crippen molar-refractivity contribution in [1.82, 2.24) is 4.90 Å². The zero-order valence-electron chi connectivity index (χ0n) is 10.0. The summed E-state index contributed by atoms with van der Waals surface area (Å²) in [5, 5.41) is 0.936. The molecule has 1 aromatic carbocycles. The maximum absolute atomic E-state index is 11.7. The molecule has 0 spiro atoms. The molecule has 94 valence electrons. The molecule has 0 saturated carbocycles. The van der Waals surface area contributed by atoms with Crippen molar-refractivity contribution in [1.29, 1.82) is 0 Å². The molecule has 1 aromatic rings. The fourth-order valence-electron chi connectivity index (χ4n) is 1.12. The van der Waals surface area contributed by atoms with E-state index >= 15 is 0 Å². The number of ether oxygens (including phenoxy) is 1. The second-order valence-electron chi connectivity index (χ2n) is 3.96. The molecule has 1 amide bonds. The lowest BCUT2D eigenvalue weighted by molar-refractivity contribution is -0.133. The molecule has 0 aliphatic carbocycles. The fourth-order valence-corrected chi connectivity index (χ4v) is 1.58. The van der Waals surface area contributed by atoms with Crippen LogP contribution < -0.4 is 4.74 Å². The highest BCUT2D eigenvalue weighted by Crippen LogP contribution is 2.27. The quantitative estimate of drug-likeness (QED) is 0.844. The summed E-state index contributed by atoms with van der Waals surface area (Å²) < 4.78 is 5.34.